The number of halogens is 1. The molecule has 2 aromatic heterocycles. The molecule has 0 unspecified atom stereocenters. The summed E-state index contributed by atoms with van der Waals surface area (Å²) in [5, 5.41) is 9.70. The number of fused-ring (bicyclic) bond motifs is 1. The Morgan fingerprint density at radius 3 is 2.88 bits per heavy atom. The van der Waals surface area contributed by atoms with E-state index >= 15 is 0 Å². The van der Waals surface area contributed by atoms with Crippen LogP contribution in [0.4, 0.5) is 0 Å². The van der Waals surface area contributed by atoms with Gasteiger partial charge in [0.25, 0.3) is 0 Å². The molecule has 16 heavy (non-hydrogen) atoms. The van der Waals surface area contributed by atoms with Crippen molar-refractivity contribution in [3.05, 3.63) is 23.0 Å². The molecule has 2 aromatic rings. The number of methoxy groups -OCH3 is 1. The lowest BCUT2D eigenvalue weighted by Gasteiger charge is -1.99. The van der Waals surface area contributed by atoms with E-state index < -0.39 is 5.97 Å². The third kappa shape index (κ3) is 1.40. The van der Waals surface area contributed by atoms with Gasteiger partial charge < -0.3 is 14.4 Å². The Bertz CT molecular complexity index is 577. The van der Waals surface area contributed by atoms with E-state index in [-0.39, 0.29) is 10.7 Å². The quantitative estimate of drug-likeness (QED) is 0.871. The number of hydrogen-bond acceptors (Lipinski definition) is 3. The number of aryl methyl sites for hydroxylation is 1. The van der Waals surface area contributed by atoms with Crippen LogP contribution in [0, 0.1) is 0 Å². The van der Waals surface area contributed by atoms with Gasteiger partial charge in [-0.25, -0.2) is 9.78 Å². The largest absolute Gasteiger partial charge is 0.495 e. The highest BCUT2D eigenvalue weighted by Crippen LogP contribution is 2.29. The molecule has 0 saturated carbocycles. The Morgan fingerprint density at radius 1 is 1.62 bits per heavy atom. The number of nitrogens with zero attached hydrogens (tertiary/aromatic N) is 2. The van der Waals surface area contributed by atoms with Crippen molar-refractivity contribution >= 4 is 28.6 Å². The molecular weight excluding hydrogens is 232 g/mol. The second-order valence-electron chi connectivity index (χ2n) is 3.28. The number of rotatable bonds is 2. The molecule has 0 spiro atoms. The molecular formula is C10H9ClN2O3. The van der Waals surface area contributed by atoms with E-state index in [1.54, 1.807) is 13.1 Å². The highest BCUT2D eigenvalue weighted by molar-refractivity contribution is 6.35. The molecule has 0 saturated heterocycles. The minimum absolute atomic E-state index is 0.0468. The van der Waals surface area contributed by atoms with Crippen molar-refractivity contribution in [1.82, 2.24) is 9.55 Å². The van der Waals surface area contributed by atoms with Crippen molar-refractivity contribution in [2.75, 3.05) is 7.11 Å². The first-order valence-electron chi connectivity index (χ1n) is 4.47. The number of hydrogen-bond donors (Lipinski definition) is 1. The topological polar surface area (TPSA) is 64.3 Å². The van der Waals surface area contributed by atoms with Crippen LogP contribution in [0.2, 0.25) is 5.15 Å². The lowest BCUT2D eigenvalue weighted by molar-refractivity contribution is 0.0699. The van der Waals surface area contributed by atoms with Gasteiger partial charge in [-0.3, -0.25) is 0 Å². The summed E-state index contributed by atoms with van der Waals surface area (Å²) in [7, 11) is 3.16. The first-order valence-corrected chi connectivity index (χ1v) is 4.85. The highest BCUT2D eigenvalue weighted by atomic mass is 35.5. The van der Waals surface area contributed by atoms with Crippen LogP contribution in [-0.2, 0) is 7.05 Å². The zero-order valence-electron chi connectivity index (χ0n) is 8.69. The highest BCUT2D eigenvalue weighted by Gasteiger charge is 2.20. The summed E-state index contributed by atoms with van der Waals surface area (Å²) in [4.78, 5) is 15.2. The Balaban J connectivity index is 2.86. The summed E-state index contributed by atoms with van der Waals surface area (Å²) < 4.78 is 6.53. The molecule has 0 aliphatic rings. The predicted molar refractivity (Wildman–Crippen MR) is 59.2 cm³/mol. The maximum atomic E-state index is 11.1. The van der Waals surface area contributed by atoms with Gasteiger partial charge in [0, 0.05) is 12.4 Å². The van der Waals surface area contributed by atoms with E-state index in [1.807, 2.05) is 0 Å². The SMILES string of the molecule is COc1cnc2c(c1)c(C(=O)O)c(Cl)n2C. The zero-order valence-corrected chi connectivity index (χ0v) is 9.45. The number of carbonyl (C=O) groups is 1. The van der Waals surface area contributed by atoms with Crippen LogP contribution >= 0.6 is 11.6 Å². The van der Waals surface area contributed by atoms with E-state index in [9.17, 15) is 4.79 Å². The van der Waals surface area contributed by atoms with Crippen LogP contribution in [0.1, 0.15) is 10.4 Å². The molecule has 5 nitrogen and oxygen atoms in total. The number of aromatic nitrogens is 2. The average molecular weight is 241 g/mol. The van der Waals surface area contributed by atoms with E-state index in [0.717, 1.165) is 0 Å². The molecule has 0 amide bonds. The third-order valence-corrected chi connectivity index (χ3v) is 2.82. The predicted octanol–water partition coefficient (Wildman–Crippen LogP) is 1.93. The summed E-state index contributed by atoms with van der Waals surface area (Å²) >= 11 is 5.93. The fourth-order valence-electron chi connectivity index (χ4n) is 1.58. The molecule has 0 bridgehead atoms. The molecule has 2 heterocycles. The maximum Gasteiger partial charge on any atom is 0.339 e. The molecule has 0 radical (unpaired) electrons. The molecule has 0 fully saturated rings. The molecule has 84 valence electrons. The van der Waals surface area contributed by atoms with E-state index in [1.165, 1.54) is 17.9 Å². The maximum absolute atomic E-state index is 11.1. The van der Waals surface area contributed by atoms with Gasteiger partial charge in [-0.2, -0.15) is 0 Å². The second kappa shape index (κ2) is 3.68. The number of aromatic carboxylic acids is 1. The molecule has 6 heteroatoms. The van der Waals surface area contributed by atoms with Crippen molar-refractivity contribution < 1.29 is 14.6 Å². The van der Waals surface area contributed by atoms with Crippen LogP contribution in [0.3, 0.4) is 0 Å². The summed E-state index contributed by atoms with van der Waals surface area (Å²) in [6.07, 6.45) is 1.52. The first-order chi connectivity index (χ1) is 7.56. The summed E-state index contributed by atoms with van der Waals surface area (Å²) in [6, 6.07) is 1.61. The third-order valence-electron chi connectivity index (χ3n) is 2.38. The molecule has 0 aromatic carbocycles. The van der Waals surface area contributed by atoms with E-state index in [4.69, 9.17) is 21.4 Å². The monoisotopic (exact) mass is 240 g/mol. The minimum Gasteiger partial charge on any atom is -0.495 e. The van der Waals surface area contributed by atoms with Crippen LogP contribution in [0.25, 0.3) is 11.0 Å². The molecule has 1 N–H and O–H groups in total. The lowest BCUT2D eigenvalue weighted by Crippen LogP contribution is -1.96. The number of pyridine rings is 1. The van der Waals surface area contributed by atoms with Gasteiger partial charge in [0.1, 0.15) is 22.1 Å². The van der Waals surface area contributed by atoms with Gasteiger partial charge in [-0.1, -0.05) is 11.6 Å². The molecule has 2 rings (SSSR count). The summed E-state index contributed by atoms with van der Waals surface area (Å²) in [6.45, 7) is 0. The Kier molecular flexibility index (Phi) is 2.47. The molecule has 0 aliphatic carbocycles. The van der Waals surface area contributed by atoms with Crippen molar-refractivity contribution in [2.24, 2.45) is 7.05 Å². The number of carboxylic acid groups (broad SMARTS) is 1. The minimum atomic E-state index is -1.08. The second-order valence-corrected chi connectivity index (χ2v) is 3.63. The number of carboxylic acids is 1. The van der Waals surface area contributed by atoms with Crippen molar-refractivity contribution in [1.29, 1.82) is 0 Å². The first kappa shape index (κ1) is 10.8. The van der Waals surface area contributed by atoms with Crippen molar-refractivity contribution in [3.8, 4) is 5.75 Å². The van der Waals surface area contributed by atoms with Gasteiger partial charge in [0.05, 0.1) is 13.3 Å². The fraction of sp³-hybridized carbons (Fsp3) is 0.200. The average Bonchev–Trinajstić information content (AvgIpc) is 2.51. The van der Waals surface area contributed by atoms with Gasteiger partial charge in [0.15, 0.2) is 0 Å². The van der Waals surface area contributed by atoms with E-state index in [0.29, 0.717) is 16.8 Å². The Hall–Kier alpha value is -1.75. The van der Waals surface area contributed by atoms with Crippen LogP contribution in [0.5, 0.6) is 5.75 Å². The zero-order chi connectivity index (χ0) is 11.9. The van der Waals surface area contributed by atoms with Crippen molar-refractivity contribution in [2.45, 2.75) is 0 Å². The normalized spacial score (nSPS) is 10.7. The lowest BCUT2D eigenvalue weighted by atomic mass is 10.2. The van der Waals surface area contributed by atoms with Gasteiger partial charge in [0.2, 0.25) is 0 Å². The van der Waals surface area contributed by atoms with Crippen LogP contribution in [0.15, 0.2) is 12.3 Å². The van der Waals surface area contributed by atoms with E-state index in [2.05, 4.69) is 4.98 Å². The van der Waals surface area contributed by atoms with Gasteiger partial charge in [-0.15, -0.1) is 0 Å². The number of ether oxygens (including phenoxy) is 1. The van der Waals surface area contributed by atoms with Crippen LogP contribution < -0.4 is 4.74 Å². The fourth-order valence-corrected chi connectivity index (χ4v) is 1.84. The molecule has 0 aliphatic heterocycles. The summed E-state index contributed by atoms with van der Waals surface area (Å²) in [5.41, 5.74) is 0.564. The standard InChI is InChI=1S/C10H9ClN2O3/c1-13-8(11)7(10(14)15)6-3-5(16-2)4-12-9(6)13/h3-4H,1-2H3,(H,14,15). The van der Waals surface area contributed by atoms with Gasteiger partial charge >= 0.3 is 5.97 Å². The smallest absolute Gasteiger partial charge is 0.339 e. The molecule has 0 atom stereocenters. The summed E-state index contributed by atoms with van der Waals surface area (Å²) in [5.74, 6) is -0.581. The van der Waals surface area contributed by atoms with Gasteiger partial charge in [-0.05, 0) is 6.07 Å². The van der Waals surface area contributed by atoms with Crippen molar-refractivity contribution in [3.63, 3.8) is 0 Å². The Morgan fingerprint density at radius 2 is 2.31 bits per heavy atom. The Labute approximate surface area is 96.2 Å². The van der Waals surface area contributed by atoms with Crippen LogP contribution in [-0.4, -0.2) is 27.7 Å².